The van der Waals surface area contributed by atoms with Crippen molar-refractivity contribution in [3.05, 3.63) is 63.4 Å². The first-order valence-electron chi connectivity index (χ1n) is 7.89. The van der Waals surface area contributed by atoms with E-state index in [9.17, 15) is 4.79 Å². The maximum atomic E-state index is 12.9. The van der Waals surface area contributed by atoms with Crippen LogP contribution in [0.1, 0.15) is 14.7 Å². The standard InChI is InChI=1S/C19H15ClN2O2S/c1-22(14-8-4-3-7-13(14)20)19(23)18-21-17-12-6-2-5-9-15(12)24-11-10-16(17)25-18/h2-9H,10-11H2,1H3. The van der Waals surface area contributed by atoms with E-state index in [1.807, 2.05) is 42.5 Å². The normalized spacial score (nSPS) is 12.6. The van der Waals surface area contributed by atoms with Crippen molar-refractivity contribution in [2.45, 2.75) is 6.42 Å². The highest BCUT2D eigenvalue weighted by molar-refractivity contribution is 7.14. The van der Waals surface area contributed by atoms with Crippen molar-refractivity contribution >= 4 is 34.5 Å². The molecule has 2 heterocycles. The molecular weight excluding hydrogens is 356 g/mol. The summed E-state index contributed by atoms with van der Waals surface area (Å²) in [4.78, 5) is 20.1. The molecular formula is C19H15ClN2O2S. The maximum Gasteiger partial charge on any atom is 0.287 e. The SMILES string of the molecule is CN(C(=O)c1nc2c(s1)CCOc1ccccc1-2)c1ccccc1Cl. The molecule has 4 nitrogen and oxygen atoms in total. The average Bonchev–Trinajstić information content (AvgIpc) is 2.98. The molecule has 2 aromatic carbocycles. The number of aromatic nitrogens is 1. The lowest BCUT2D eigenvalue weighted by Gasteiger charge is -2.17. The van der Waals surface area contributed by atoms with Crippen molar-refractivity contribution in [3.8, 4) is 17.0 Å². The first-order valence-corrected chi connectivity index (χ1v) is 9.09. The number of para-hydroxylation sites is 2. The minimum atomic E-state index is -0.162. The van der Waals surface area contributed by atoms with Crippen molar-refractivity contribution in [3.63, 3.8) is 0 Å². The van der Waals surface area contributed by atoms with E-state index in [0.717, 1.165) is 28.3 Å². The van der Waals surface area contributed by atoms with Crippen molar-refractivity contribution < 1.29 is 9.53 Å². The van der Waals surface area contributed by atoms with E-state index in [4.69, 9.17) is 16.3 Å². The lowest BCUT2D eigenvalue weighted by atomic mass is 10.1. The van der Waals surface area contributed by atoms with Gasteiger partial charge in [0.05, 0.1) is 23.0 Å². The first-order chi connectivity index (χ1) is 12.1. The molecule has 0 saturated heterocycles. The Bertz CT molecular complexity index is 954. The second-order valence-electron chi connectivity index (χ2n) is 5.70. The summed E-state index contributed by atoms with van der Waals surface area (Å²) in [5, 5.41) is 0.999. The van der Waals surface area contributed by atoms with E-state index in [1.165, 1.54) is 11.3 Å². The quantitative estimate of drug-likeness (QED) is 0.658. The molecule has 0 N–H and O–H groups in total. The minimum Gasteiger partial charge on any atom is -0.493 e. The number of nitrogens with zero attached hydrogens (tertiary/aromatic N) is 2. The minimum absolute atomic E-state index is 0.162. The number of hydrogen-bond acceptors (Lipinski definition) is 4. The third-order valence-corrected chi connectivity index (χ3v) is 5.55. The summed E-state index contributed by atoms with van der Waals surface area (Å²) >= 11 is 7.64. The van der Waals surface area contributed by atoms with Crippen LogP contribution in [-0.2, 0) is 6.42 Å². The summed E-state index contributed by atoms with van der Waals surface area (Å²) in [6, 6.07) is 15.1. The molecule has 25 heavy (non-hydrogen) atoms. The zero-order valence-corrected chi connectivity index (χ0v) is 15.1. The molecule has 6 heteroatoms. The molecule has 3 aromatic rings. The summed E-state index contributed by atoms with van der Waals surface area (Å²) in [5.74, 6) is 0.648. The second-order valence-corrected chi connectivity index (χ2v) is 7.19. The monoisotopic (exact) mass is 370 g/mol. The van der Waals surface area contributed by atoms with E-state index in [0.29, 0.717) is 22.3 Å². The van der Waals surface area contributed by atoms with Gasteiger partial charge in [-0.2, -0.15) is 0 Å². The van der Waals surface area contributed by atoms with E-state index >= 15 is 0 Å². The van der Waals surface area contributed by atoms with Crippen LogP contribution < -0.4 is 9.64 Å². The summed E-state index contributed by atoms with van der Waals surface area (Å²) in [6.45, 7) is 0.584. The van der Waals surface area contributed by atoms with Crippen LogP contribution in [-0.4, -0.2) is 24.5 Å². The van der Waals surface area contributed by atoms with Crippen LogP contribution in [0.5, 0.6) is 5.75 Å². The Hall–Kier alpha value is -2.37. The van der Waals surface area contributed by atoms with Crippen LogP contribution in [0.2, 0.25) is 5.02 Å². The number of carbonyl (C=O) groups excluding carboxylic acids is 1. The molecule has 1 amide bonds. The third kappa shape index (κ3) is 2.90. The van der Waals surface area contributed by atoms with Crippen LogP contribution in [0, 0.1) is 0 Å². The van der Waals surface area contributed by atoms with Crippen LogP contribution in [0.3, 0.4) is 0 Å². The number of anilines is 1. The van der Waals surface area contributed by atoms with Gasteiger partial charge in [-0.3, -0.25) is 4.79 Å². The Labute approximate surface area is 154 Å². The van der Waals surface area contributed by atoms with Crippen molar-refractivity contribution in [1.29, 1.82) is 0 Å². The number of thiazole rings is 1. The lowest BCUT2D eigenvalue weighted by molar-refractivity contribution is 0.0992. The average molecular weight is 371 g/mol. The van der Waals surface area contributed by atoms with Crippen LogP contribution >= 0.6 is 22.9 Å². The highest BCUT2D eigenvalue weighted by Gasteiger charge is 2.25. The fraction of sp³-hybridized carbons (Fsp3) is 0.158. The molecule has 4 rings (SSSR count). The Morgan fingerprint density at radius 1 is 1.20 bits per heavy atom. The molecule has 0 radical (unpaired) electrons. The smallest absolute Gasteiger partial charge is 0.287 e. The van der Waals surface area contributed by atoms with Gasteiger partial charge >= 0.3 is 0 Å². The molecule has 126 valence electrons. The van der Waals surface area contributed by atoms with Gasteiger partial charge in [-0.1, -0.05) is 35.9 Å². The molecule has 0 saturated carbocycles. The molecule has 0 unspecified atom stereocenters. The maximum absolute atomic E-state index is 12.9. The van der Waals surface area contributed by atoms with E-state index < -0.39 is 0 Å². The molecule has 1 aliphatic heterocycles. The van der Waals surface area contributed by atoms with Gasteiger partial charge in [-0.15, -0.1) is 11.3 Å². The van der Waals surface area contributed by atoms with Gasteiger partial charge in [0, 0.05) is 23.9 Å². The number of ether oxygens (including phenoxy) is 1. The van der Waals surface area contributed by atoms with Gasteiger partial charge < -0.3 is 9.64 Å². The molecule has 0 bridgehead atoms. The van der Waals surface area contributed by atoms with Gasteiger partial charge in [0.2, 0.25) is 0 Å². The number of halogens is 1. The van der Waals surface area contributed by atoms with Gasteiger partial charge in [0.25, 0.3) is 5.91 Å². The molecule has 0 atom stereocenters. The topological polar surface area (TPSA) is 42.4 Å². The van der Waals surface area contributed by atoms with Crippen LogP contribution in [0.25, 0.3) is 11.3 Å². The van der Waals surface area contributed by atoms with Gasteiger partial charge in [0.15, 0.2) is 5.01 Å². The van der Waals surface area contributed by atoms with Gasteiger partial charge in [-0.05, 0) is 24.3 Å². The fourth-order valence-corrected chi connectivity index (χ4v) is 4.14. The predicted molar refractivity (Wildman–Crippen MR) is 101 cm³/mol. The van der Waals surface area contributed by atoms with Crippen LogP contribution in [0.15, 0.2) is 48.5 Å². The van der Waals surface area contributed by atoms with Gasteiger partial charge in [0.1, 0.15) is 5.75 Å². The highest BCUT2D eigenvalue weighted by Crippen LogP contribution is 2.38. The number of benzene rings is 2. The van der Waals surface area contributed by atoms with E-state index in [-0.39, 0.29) is 5.91 Å². The zero-order valence-electron chi connectivity index (χ0n) is 13.5. The van der Waals surface area contributed by atoms with E-state index in [2.05, 4.69) is 4.98 Å². The number of carbonyl (C=O) groups is 1. The zero-order chi connectivity index (χ0) is 17.4. The molecule has 1 aromatic heterocycles. The second kappa shape index (κ2) is 6.50. The Morgan fingerprint density at radius 3 is 2.80 bits per heavy atom. The molecule has 1 aliphatic rings. The number of amides is 1. The Balaban J connectivity index is 1.73. The molecule has 0 spiro atoms. The molecule has 0 fully saturated rings. The fourth-order valence-electron chi connectivity index (χ4n) is 2.84. The summed E-state index contributed by atoms with van der Waals surface area (Å²) < 4.78 is 5.78. The Kier molecular flexibility index (Phi) is 4.19. The van der Waals surface area contributed by atoms with E-state index in [1.54, 1.807) is 18.0 Å². The third-order valence-electron chi connectivity index (χ3n) is 4.13. The summed E-state index contributed by atoms with van der Waals surface area (Å²) in [5.41, 5.74) is 2.45. The van der Waals surface area contributed by atoms with Crippen molar-refractivity contribution in [2.24, 2.45) is 0 Å². The van der Waals surface area contributed by atoms with Crippen LogP contribution in [0.4, 0.5) is 5.69 Å². The molecule has 0 aliphatic carbocycles. The number of hydrogen-bond donors (Lipinski definition) is 0. The van der Waals surface area contributed by atoms with Gasteiger partial charge in [-0.25, -0.2) is 4.98 Å². The predicted octanol–water partition coefficient (Wildman–Crippen LogP) is 4.68. The highest BCUT2D eigenvalue weighted by atomic mass is 35.5. The largest absolute Gasteiger partial charge is 0.493 e. The van der Waals surface area contributed by atoms with Crippen molar-refractivity contribution in [1.82, 2.24) is 4.98 Å². The summed E-state index contributed by atoms with van der Waals surface area (Å²) in [6.07, 6.45) is 0.741. The lowest BCUT2D eigenvalue weighted by Crippen LogP contribution is -2.26. The number of fused-ring (bicyclic) bond motifs is 3. The Morgan fingerprint density at radius 2 is 1.96 bits per heavy atom. The number of rotatable bonds is 2. The first kappa shape index (κ1) is 16.1. The van der Waals surface area contributed by atoms with Crippen molar-refractivity contribution in [2.75, 3.05) is 18.6 Å². The summed E-state index contributed by atoms with van der Waals surface area (Å²) in [7, 11) is 1.72.